The highest BCUT2D eigenvalue weighted by molar-refractivity contribution is 5.96. The number of benzene rings is 1. The number of fused-ring (bicyclic) bond motifs is 1. The highest BCUT2D eigenvalue weighted by Gasteiger charge is 2.28. The van der Waals surface area contributed by atoms with Crippen LogP contribution in [0.15, 0.2) is 55.0 Å². The largest absolute Gasteiger partial charge is 0.490 e. The molecule has 3 heterocycles. The second kappa shape index (κ2) is 10.5. The molecule has 0 N–H and O–H groups in total. The Morgan fingerprint density at radius 2 is 1.84 bits per heavy atom. The van der Waals surface area contributed by atoms with Crippen LogP contribution >= 0.6 is 0 Å². The fourth-order valence-corrected chi connectivity index (χ4v) is 5.01. The van der Waals surface area contributed by atoms with Gasteiger partial charge < -0.3 is 9.47 Å². The normalized spacial score (nSPS) is 17.9. The van der Waals surface area contributed by atoms with Crippen LogP contribution < -0.4 is 9.64 Å². The molecule has 9 heteroatoms. The van der Waals surface area contributed by atoms with Gasteiger partial charge in [0, 0.05) is 43.0 Å². The summed E-state index contributed by atoms with van der Waals surface area (Å²) < 4.78 is 15.8. The molecular formula is C29H36N6O3. The second-order valence-corrected chi connectivity index (χ2v) is 10.8. The summed E-state index contributed by atoms with van der Waals surface area (Å²) in [4.78, 5) is 19.2. The van der Waals surface area contributed by atoms with Crippen molar-refractivity contribution in [3.8, 4) is 17.0 Å². The van der Waals surface area contributed by atoms with Gasteiger partial charge in [0.25, 0.3) is 0 Å². The maximum atomic E-state index is 12.9. The molecule has 1 aliphatic rings. The van der Waals surface area contributed by atoms with Crippen molar-refractivity contribution in [2.24, 2.45) is 7.05 Å². The molecule has 0 unspecified atom stereocenters. The Kier molecular flexibility index (Phi) is 7.10. The number of hydrogen-bond acceptors (Lipinski definition) is 6. The zero-order valence-electron chi connectivity index (χ0n) is 22.8. The topological polar surface area (TPSA) is 87.3 Å². The van der Waals surface area contributed by atoms with Crippen LogP contribution in [0.4, 0.5) is 10.6 Å². The lowest BCUT2D eigenvalue weighted by Gasteiger charge is -2.30. The number of hydrogen-bond donors (Lipinski definition) is 0. The summed E-state index contributed by atoms with van der Waals surface area (Å²) >= 11 is 0. The monoisotopic (exact) mass is 516 g/mol. The number of aryl methyl sites for hydroxylation is 1. The van der Waals surface area contributed by atoms with E-state index < -0.39 is 11.7 Å². The summed E-state index contributed by atoms with van der Waals surface area (Å²) in [6.45, 7) is 7.95. The Morgan fingerprint density at radius 1 is 1.11 bits per heavy atom. The number of anilines is 1. The van der Waals surface area contributed by atoms with Crippen molar-refractivity contribution in [3.05, 3.63) is 55.0 Å². The van der Waals surface area contributed by atoms with Gasteiger partial charge in [-0.3, -0.25) is 14.3 Å². The van der Waals surface area contributed by atoms with Crippen LogP contribution in [0, 0.1) is 0 Å². The van der Waals surface area contributed by atoms with Crippen LogP contribution in [-0.4, -0.2) is 48.9 Å². The van der Waals surface area contributed by atoms with Gasteiger partial charge in [-0.05, 0) is 65.5 Å². The van der Waals surface area contributed by atoms with Crippen LogP contribution in [-0.2, 0) is 11.8 Å². The van der Waals surface area contributed by atoms with Crippen molar-refractivity contribution in [1.29, 1.82) is 0 Å². The molecule has 0 aliphatic heterocycles. The molecule has 9 nitrogen and oxygen atoms in total. The van der Waals surface area contributed by atoms with Crippen LogP contribution in [0.1, 0.15) is 59.4 Å². The van der Waals surface area contributed by atoms with Crippen molar-refractivity contribution in [1.82, 2.24) is 24.5 Å². The van der Waals surface area contributed by atoms with E-state index >= 15 is 0 Å². The van der Waals surface area contributed by atoms with Gasteiger partial charge in [0.2, 0.25) is 0 Å². The lowest BCUT2D eigenvalue weighted by atomic mass is 9.93. The van der Waals surface area contributed by atoms with Crippen LogP contribution in [0.2, 0.25) is 0 Å². The fraction of sp³-hybridized carbons (Fsp3) is 0.448. The lowest BCUT2D eigenvalue weighted by molar-refractivity contribution is 0.0581. The van der Waals surface area contributed by atoms with E-state index in [4.69, 9.17) is 14.6 Å². The predicted octanol–water partition coefficient (Wildman–Crippen LogP) is 6.16. The summed E-state index contributed by atoms with van der Waals surface area (Å²) in [5.74, 6) is 1.46. The van der Waals surface area contributed by atoms with Crippen molar-refractivity contribution in [3.63, 3.8) is 0 Å². The summed E-state index contributed by atoms with van der Waals surface area (Å²) in [5, 5.41) is 10.4. The highest BCUT2D eigenvalue weighted by Crippen LogP contribution is 2.37. The van der Waals surface area contributed by atoms with E-state index in [9.17, 15) is 4.79 Å². The second-order valence-electron chi connectivity index (χ2n) is 10.8. The van der Waals surface area contributed by atoms with Crippen LogP contribution in [0.5, 0.6) is 5.75 Å². The third-order valence-electron chi connectivity index (χ3n) is 6.80. The first-order valence-corrected chi connectivity index (χ1v) is 13.3. The Labute approximate surface area is 223 Å². The SMILES string of the molecule is CCN(C(=O)OC(C)(C)C)c1cc2c(cn1)c(-c1cnn(C)c1)nn2[C@H]1CC[C@H](Oc2ccccc2)CC1. The molecule has 200 valence electrons. The average molecular weight is 517 g/mol. The summed E-state index contributed by atoms with van der Waals surface area (Å²) in [5.41, 5.74) is 2.13. The van der Waals surface area contributed by atoms with Gasteiger partial charge in [0.05, 0.1) is 23.9 Å². The molecule has 1 fully saturated rings. The number of carbonyl (C=O) groups excluding carboxylic acids is 1. The van der Waals surface area contributed by atoms with Crippen molar-refractivity contribution >= 4 is 22.8 Å². The van der Waals surface area contributed by atoms with Crippen LogP contribution in [0.25, 0.3) is 22.2 Å². The Hall–Kier alpha value is -3.88. The van der Waals surface area contributed by atoms with E-state index in [0.717, 1.165) is 53.6 Å². The quantitative estimate of drug-likeness (QED) is 0.305. The zero-order valence-corrected chi connectivity index (χ0v) is 22.8. The Balaban J connectivity index is 1.46. The number of carbonyl (C=O) groups is 1. The van der Waals surface area contributed by atoms with E-state index in [0.29, 0.717) is 12.4 Å². The number of para-hydroxylation sites is 1. The van der Waals surface area contributed by atoms with Crippen molar-refractivity contribution in [2.75, 3.05) is 11.4 Å². The molecule has 1 aromatic carbocycles. The summed E-state index contributed by atoms with van der Waals surface area (Å²) in [7, 11) is 1.90. The summed E-state index contributed by atoms with van der Waals surface area (Å²) in [6, 6.07) is 12.2. The number of amides is 1. The van der Waals surface area contributed by atoms with Gasteiger partial charge in [0.15, 0.2) is 0 Å². The molecule has 0 spiro atoms. The van der Waals surface area contributed by atoms with Gasteiger partial charge in [-0.1, -0.05) is 18.2 Å². The minimum atomic E-state index is -0.593. The minimum Gasteiger partial charge on any atom is -0.490 e. The molecule has 4 aromatic rings. The molecule has 0 saturated heterocycles. The molecule has 5 rings (SSSR count). The third-order valence-corrected chi connectivity index (χ3v) is 6.80. The molecule has 0 bridgehead atoms. The van der Waals surface area contributed by atoms with Gasteiger partial charge in [-0.15, -0.1) is 0 Å². The number of ether oxygens (including phenoxy) is 2. The molecular weight excluding hydrogens is 480 g/mol. The van der Waals surface area contributed by atoms with Gasteiger partial charge in [-0.2, -0.15) is 10.2 Å². The molecule has 3 aromatic heterocycles. The smallest absolute Gasteiger partial charge is 0.415 e. The standard InChI is InChI=1S/C29H36N6O3/c1-6-34(28(36)38-29(2,3)4)26-16-25-24(18-30-26)27(20-17-31-33(5)19-20)32-35(25)21-12-14-23(15-13-21)37-22-10-8-7-9-11-22/h7-11,16-19,21,23H,6,12-15H2,1-5H3/t21-,23-. The zero-order chi connectivity index (χ0) is 26.9. The lowest BCUT2D eigenvalue weighted by Crippen LogP contribution is -2.37. The minimum absolute atomic E-state index is 0.188. The number of rotatable bonds is 6. The summed E-state index contributed by atoms with van der Waals surface area (Å²) in [6.07, 6.45) is 9.16. The molecule has 0 radical (unpaired) electrons. The van der Waals surface area contributed by atoms with Gasteiger partial charge in [-0.25, -0.2) is 9.78 Å². The molecule has 1 aliphatic carbocycles. The van der Waals surface area contributed by atoms with E-state index in [1.807, 2.05) is 89.7 Å². The first-order chi connectivity index (χ1) is 18.2. The number of aromatic nitrogens is 5. The van der Waals surface area contributed by atoms with Crippen molar-refractivity contribution in [2.45, 2.75) is 71.1 Å². The van der Waals surface area contributed by atoms with Crippen LogP contribution in [0.3, 0.4) is 0 Å². The van der Waals surface area contributed by atoms with Crippen molar-refractivity contribution < 1.29 is 14.3 Å². The molecule has 1 amide bonds. The first-order valence-electron chi connectivity index (χ1n) is 13.3. The number of pyridine rings is 1. The van der Waals surface area contributed by atoms with E-state index in [-0.39, 0.29) is 12.1 Å². The Bertz CT molecular complexity index is 1400. The Morgan fingerprint density at radius 3 is 2.47 bits per heavy atom. The molecule has 38 heavy (non-hydrogen) atoms. The van der Waals surface area contributed by atoms with E-state index in [1.165, 1.54) is 0 Å². The van der Waals surface area contributed by atoms with E-state index in [1.54, 1.807) is 9.58 Å². The highest BCUT2D eigenvalue weighted by atomic mass is 16.6. The van der Waals surface area contributed by atoms with Gasteiger partial charge in [0.1, 0.15) is 22.9 Å². The van der Waals surface area contributed by atoms with Gasteiger partial charge >= 0.3 is 6.09 Å². The first kappa shape index (κ1) is 25.8. The third kappa shape index (κ3) is 5.51. The predicted molar refractivity (Wildman–Crippen MR) is 147 cm³/mol. The fourth-order valence-electron chi connectivity index (χ4n) is 5.01. The molecule has 1 saturated carbocycles. The van der Waals surface area contributed by atoms with E-state index in [2.05, 4.69) is 14.8 Å². The average Bonchev–Trinajstić information content (AvgIpc) is 3.48. The maximum absolute atomic E-state index is 12.9. The number of nitrogens with zero attached hydrogens (tertiary/aromatic N) is 6. The molecule has 0 atom stereocenters. The maximum Gasteiger partial charge on any atom is 0.415 e.